The second kappa shape index (κ2) is 5.22. The first-order valence-corrected chi connectivity index (χ1v) is 6.42. The lowest BCUT2D eigenvalue weighted by atomic mass is 10.2. The Morgan fingerprint density at radius 2 is 2.16 bits per heavy atom. The number of aryl methyl sites for hydroxylation is 1. The highest BCUT2D eigenvalue weighted by Gasteiger charge is 2.16. The Bertz CT molecular complexity index is 568. The molecule has 0 atom stereocenters. The predicted molar refractivity (Wildman–Crippen MR) is 72.2 cm³/mol. The Labute approximate surface area is 112 Å². The van der Waals surface area contributed by atoms with E-state index in [0.717, 1.165) is 24.2 Å². The monoisotopic (exact) mass is 256 g/mol. The van der Waals surface area contributed by atoms with Gasteiger partial charge in [-0.1, -0.05) is 6.07 Å². The van der Waals surface area contributed by atoms with E-state index in [-0.39, 0.29) is 0 Å². The van der Waals surface area contributed by atoms with E-state index in [4.69, 9.17) is 4.74 Å². The van der Waals surface area contributed by atoms with Gasteiger partial charge in [0.25, 0.3) is 0 Å². The minimum atomic E-state index is 0.631. The number of rotatable bonds is 4. The van der Waals surface area contributed by atoms with E-state index in [9.17, 15) is 0 Å². The summed E-state index contributed by atoms with van der Waals surface area (Å²) < 4.78 is 5.04. The van der Waals surface area contributed by atoms with Crippen LogP contribution in [0.4, 0.5) is 5.82 Å². The third kappa shape index (κ3) is 2.50. The number of hydrogen-bond donors (Lipinski definition) is 1. The molecular weight excluding hydrogens is 240 g/mol. The molecule has 3 rings (SSSR count). The van der Waals surface area contributed by atoms with Crippen LogP contribution >= 0.6 is 0 Å². The minimum Gasteiger partial charge on any atom is -0.481 e. The van der Waals surface area contributed by atoms with Gasteiger partial charge in [0.15, 0.2) is 0 Å². The van der Waals surface area contributed by atoms with Gasteiger partial charge in [-0.15, -0.1) is 0 Å². The van der Waals surface area contributed by atoms with Crippen LogP contribution in [-0.2, 0) is 19.4 Å². The fourth-order valence-corrected chi connectivity index (χ4v) is 2.33. The Kier molecular flexibility index (Phi) is 3.27. The molecule has 5 heteroatoms. The number of nitrogens with one attached hydrogen (secondary N) is 1. The van der Waals surface area contributed by atoms with Crippen molar-refractivity contribution in [2.75, 3.05) is 12.4 Å². The van der Waals surface area contributed by atoms with Crippen LogP contribution in [0.3, 0.4) is 0 Å². The summed E-state index contributed by atoms with van der Waals surface area (Å²) in [7, 11) is 1.62. The minimum absolute atomic E-state index is 0.631. The van der Waals surface area contributed by atoms with Crippen LogP contribution in [0.1, 0.15) is 23.2 Å². The molecule has 2 heterocycles. The Morgan fingerprint density at radius 1 is 1.21 bits per heavy atom. The van der Waals surface area contributed by atoms with Gasteiger partial charge in [0.05, 0.1) is 7.11 Å². The van der Waals surface area contributed by atoms with Crippen LogP contribution in [0, 0.1) is 0 Å². The van der Waals surface area contributed by atoms with Crippen LogP contribution in [0.2, 0.25) is 0 Å². The summed E-state index contributed by atoms with van der Waals surface area (Å²) in [4.78, 5) is 12.8. The third-order valence-electron chi connectivity index (χ3n) is 3.34. The summed E-state index contributed by atoms with van der Waals surface area (Å²) in [6.07, 6.45) is 6.76. The van der Waals surface area contributed by atoms with Gasteiger partial charge in [0.1, 0.15) is 12.1 Å². The molecule has 0 unspecified atom stereocenters. The first-order valence-electron chi connectivity index (χ1n) is 6.42. The van der Waals surface area contributed by atoms with Gasteiger partial charge < -0.3 is 10.1 Å². The van der Waals surface area contributed by atoms with Gasteiger partial charge in [-0.2, -0.15) is 0 Å². The fraction of sp³-hybridized carbons (Fsp3) is 0.357. The number of hydrogen-bond acceptors (Lipinski definition) is 5. The zero-order valence-electron chi connectivity index (χ0n) is 10.9. The van der Waals surface area contributed by atoms with Gasteiger partial charge in [-0.25, -0.2) is 15.0 Å². The summed E-state index contributed by atoms with van der Waals surface area (Å²) >= 11 is 0. The van der Waals surface area contributed by atoms with Gasteiger partial charge in [-0.05, 0) is 24.8 Å². The fourth-order valence-electron chi connectivity index (χ4n) is 2.33. The van der Waals surface area contributed by atoms with Crippen molar-refractivity contribution in [1.82, 2.24) is 15.0 Å². The SMILES string of the molecule is COc1ccc(CNc2ncnc3c2CCC3)cn1. The lowest BCUT2D eigenvalue weighted by molar-refractivity contribution is 0.397. The van der Waals surface area contributed by atoms with Crippen LogP contribution < -0.4 is 10.1 Å². The summed E-state index contributed by atoms with van der Waals surface area (Å²) in [5.74, 6) is 1.59. The van der Waals surface area contributed by atoms with Gasteiger partial charge in [0, 0.05) is 30.1 Å². The van der Waals surface area contributed by atoms with Crippen molar-refractivity contribution in [3.8, 4) is 5.88 Å². The van der Waals surface area contributed by atoms with E-state index in [2.05, 4.69) is 20.3 Å². The number of aromatic nitrogens is 3. The maximum absolute atomic E-state index is 5.04. The average Bonchev–Trinajstić information content (AvgIpc) is 2.94. The maximum Gasteiger partial charge on any atom is 0.212 e. The highest BCUT2D eigenvalue weighted by molar-refractivity contribution is 5.48. The largest absolute Gasteiger partial charge is 0.481 e. The van der Waals surface area contributed by atoms with E-state index in [1.807, 2.05) is 18.3 Å². The van der Waals surface area contributed by atoms with E-state index in [0.29, 0.717) is 12.4 Å². The molecule has 98 valence electrons. The topological polar surface area (TPSA) is 59.9 Å². The van der Waals surface area contributed by atoms with Crippen molar-refractivity contribution < 1.29 is 4.74 Å². The van der Waals surface area contributed by atoms with Gasteiger partial charge >= 0.3 is 0 Å². The molecule has 0 bridgehead atoms. The summed E-state index contributed by atoms with van der Waals surface area (Å²) in [5, 5.41) is 3.37. The maximum atomic E-state index is 5.04. The van der Waals surface area contributed by atoms with Crippen molar-refractivity contribution in [2.24, 2.45) is 0 Å². The average molecular weight is 256 g/mol. The zero-order valence-corrected chi connectivity index (χ0v) is 10.9. The Morgan fingerprint density at radius 3 is 2.95 bits per heavy atom. The molecule has 0 radical (unpaired) electrons. The first kappa shape index (κ1) is 11.9. The molecule has 0 saturated carbocycles. The van der Waals surface area contributed by atoms with E-state index < -0.39 is 0 Å². The molecule has 1 aliphatic carbocycles. The van der Waals surface area contributed by atoms with Crippen molar-refractivity contribution in [3.63, 3.8) is 0 Å². The lowest BCUT2D eigenvalue weighted by Crippen LogP contribution is -2.05. The Hall–Kier alpha value is -2.17. The molecule has 0 aromatic carbocycles. The second-order valence-electron chi connectivity index (χ2n) is 4.56. The second-order valence-corrected chi connectivity index (χ2v) is 4.56. The number of ether oxygens (including phenoxy) is 1. The molecule has 0 spiro atoms. The molecule has 1 N–H and O–H groups in total. The highest BCUT2D eigenvalue weighted by Crippen LogP contribution is 2.25. The van der Waals surface area contributed by atoms with Gasteiger partial charge in [0.2, 0.25) is 5.88 Å². The van der Waals surface area contributed by atoms with Gasteiger partial charge in [-0.3, -0.25) is 0 Å². The molecule has 2 aromatic rings. The molecule has 0 aliphatic heterocycles. The summed E-state index contributed by atoms with van der Waals surface area (Å²) in [6, 6.07) is 3.86. The number of methoxy groups -OCH3 is 1. The molecule has 1 aliphatic rings. The Balaban J connectivity index is 1.70. The van der Waals surface area contributed by atoms with E-state index in [1.54, 1.807) is 13.4 Å². The molecule has 19 heavy (non-hydrogen) atoms. The summed E-state index contributed by atoms with van der Waals surface area (Å²) in [6.45, 7) is 0.709. The summed E-state index contributed by atoms with van der Waals surface area (Å²) in [5.41, 5.74) is 3.56. The standard InChI is InChI=1S/C14H16N4O/c1-19-13-6-5-10(7-15-13)8-16-14-11-3-2-4-12(11)17-9-18-14/h5-7,9H,2-4,8H2,1H3,(H,16,17,18). The zero-order chi connectivity index (χ0) is 13.1. The van der Waals surface area contributed by atoms with Crippen LogP contribution in [0.25, 0.3) is 0 Å². The van der Waals surface area contributed by atoms with Crippen LogP contribution in [0.15, 0.2) is 24.7 Å². The van der Waals surface area contributed by atoms with Crippen molar-refractivity contribution in [2.45, 2.75) is 25.8 Å². The molecule has 5 nitrogen and oxygen atoms in total. The number of anilines is 1. The van der Waals surface area contributed by atoms with Crippen LogP contribution in [-0.4, -0.2) is 22.1 Å². The first-order chi connectivity index (χ1) is 9.36. The number of pyridine rings is 1. The normalized spacial score (nSPS) is 13.1. The molecule has 0 saturated heterocycles. The van der Waals surface area contributed by atoms with Crippen molar-refractivity contribution in [1.29, 1.82) is 0 Å². The molecule has 0 amide bonds. The third-order valence-corrected chi connectivity index (χ3v) is 3.34. The van der Waals surface area contributed by atoms with Crippen molar-refractivity contribution >= 4 is 5.82 Å². The highest BCUT2D eigenvalue weighted by atomic mass is 16.5. The predicted octanol–water partition coefficient (Wildman–Crippen LogP) is 1.98. The number of nitrogens with zero attached hydrogens (tertiary/aromatic N) is 3. The lowest BCUT2D eigenvalue weighted by Gasteiger charge is -2.09. The molecule has 2 aromatic heterocycles. The quantitative estimate of drug-likeness (QED) is 0.906. The van der Waals surface area contributed by atoms with E-state index >= 15 is 0 Å². The van der Waals surface area contributed by atoms with Crippen LogP contribution in [0.5, 0.6) is 5.88 Å². The van der Waals surface area contributed by atoms with E-state index in [1.165, 1.54) is 17.7 Å². The molecule has 0 fully saturated rings. The smallest absolute Gasteiger partial charge is 0.212 e. The molecular formula is C14H16N4O. The van der Waals surface area contributed by atoms with Crippen molar-refractivity contribution in [3.05, 3.63) is 41.5 Å². The number of fused-ring (bicyclic) bond motifs is 1.